The molecule has 0 aliphatic heterocycles. The van der Waals surface area contributed by atoms with Gasteiger partial charge in [0.15, 0.2) is 0 Å². The lowest BCUT2D eigenvalue weighted by Crippen LogP contribution is -2.35. The molecule has 166 valence electrons. The van der Waals surface area contributed by atoms with Gasteiger partial charge in [0.25, 0.3) is 0 Å². The van der Waals surface area contributed by atoms with E-state index >= 15 is 0 Å². The Kier molecular flexibility index (Phi) is 8.51. The largest absolute Gasteiger partial charge is 0.494 e. The molecule has 0 amide bonds. The van der Waals surface area contributed by atoms with Crippen molar-refractivity contribution in [2.75, 3.05) is 6.61 Å². The van der Waals surface area contributed by atoms with Crippen LogP contribution in [0.4, 0.5) is 0 Å². The quantitative estimate of drug-likeness (QED) is 0.388. The van der Waals surface area contributed by atoms with Crippen molar-refractivity contribution in [3.05, 3.63) is 60.2 Å². The zero-order valence-electron chi connectivity index (χ0n) is 19.6. The predicted octanol–water partition coefficient (Wildman–Crippen LogP) is 7.82. The highest BCUT2D eigenvalue weighted by atomic mass is 16.5. The van der Waals surface area contributed by atoms with Crippen molar-refractivity contribution in [1.82, 2.24) is 0 Å². The highest BCUT2D eigenvalue weighted by Gasteiger charge is 2.35. The smallest absolute Gasteiger partial charge is 0.143 e. The molecule has 0 heterocycles. The first-order valence-corrected chi connectivity index (χ1v) is 12.0. The number of benzene rings is 2. The third-order valence-corrected chi connectivity index (χ3v) is 6.66. The molecule has 1 saturated carbocycles. The molecular weight excluding hydrogens is 380 g/mol. The summed E-state index contributed by atoms with van der Waals surface area (Å²) < 4.78 is 5.81. The number of carbonyl (C=O) groups excluding carboxylic acids is 1. The number of Topliss-reactive ketones (excluding diaryl/α,β-unsaturated/α-hetero) is 1. The van der Waals surface area contributed by atoms with Gasteiger partial charge in [-0.05, 0) is 59.9 Å². The molecule has 2 heteroatoms. The summed E-state index contributed by atoms with van der Waals surface area (Å²) in [5, 5.41) is 0. The number of hydrogen-bond donors (Lipinski definition) is 0. The van der Waals surface area contributed by atoms with Gasteiger partial charge in [-0.3, -0.25) is 4.79 Å². The fourth-order valence-electron chi connectivity index (χ4n) is 4.53. The summed E-state index contributed by atoms with van der Waals surface area (Å²) in [6, 6.07) is 16.9. The summed E-state index contributed by atoms with van der Waals surface area (Å²) in [7, 11) is 0. The molecule has 0 bridgehead atoms. The maximum absolute atomic E-state index is 12.9. The number of unbranched alkanes of at least 4 members (excludes halogenated alkanes) is 2. The molecule has 0 radical (unpaired) electrons. The number of hydrogen-bond acceptors (Lipinski definition) is 2. The minimum atomic E-state index is 0.0469. The molecular formula is C29H38O2. The van der Waals surface area contributed by atoms with E-state index in [9.17, 15) is 4.79 Å². The molecule has 1 unspecified atom stereocenters. The van der Waals surface area contributed by atoms with Gasteiger partial charge in [-0.1, -0.05) is 89.1 Å². The van der Waals surface area contributed by atoms with Gasteiger partial charge in [-0.15, -0.1) is 0 Å². The van der Waals surface area contributed by atoms with Crippen molar-refractivity contribution in [3.8, 4) is 16.9 Å². The van der Waals surface area contributed by atoms with Crippen molar-refractivity contribution < 1.29 is 9.53 Å². The molecule has 0 saturated heterocycles. The third kappa shape index (κ3) is 6.32. The van der Waals surface area contributed by atoms with Crippen LogP contribution >= 0.6 is 0 Å². The first-order valence-electron chi connectivity index (χ1n) is 12.0. The molecule has 0 spiro atoms. The van der Waals surface area contributed by atoms with E-state index in [1.165, 1.54) is 24.0 Å². The average Bonchev–Trinajstić information content (AvgIpc) is 2.77. The first-order chi connectivity index (χ1) is 15.0. The molecule has 3 atom stereocenters. The molecule has 1 aliphatic rings. The van der Waals surface area contributed by atoms with Gasteiger partial charge < -0.3 is 4.74 Å². The summed E-state index contributed by atoms with van der Waals surface area (Å²) >= 11 is 0. The Hall–Kier alpha value is -2.35. The van der Waals surface area contributed by atoms with E-state index in [1.807, 2.05) is 0 Å². The highest BCUT2D eigenvalue weighted by Crippen LogP contribution is 2.35. The summed E-state index contributed by atoms with van der Waals surface area (Å²) in [6.45, 7) is 9.54. The van der Waals surface area contributed by atoms with E-state index in [2.05, 4.69) is 88.4 Å². The van der Waals surface area contributed by atoms with Crippen molar-refractivity contribution in [2.24, 2.45) is 23.7 Å². The fourth-order valence-corrected chi connectivity index (χ4v) is 4.53. The van der Waals surface area contributed by atoms with E-state index in [4.69, 9.17) is 4.74 Å². The monoisotopic (exact) mass is 418 g/mol. The van der Waals surface area contributed by atoms with Crippen LogP contribution in [-0.2, 0) is 4.79 Å². The fraction of sp³-hybridized carbons (Fsp3) is 0.483. The van der Waals surface area contributed by atoms with Crippen molar-refractivity contribution >= 4 is 11.9 Å². The van der Waals surface area contributed by atoms with Crippen LogP contribution in [0.5, 0.6) is 5.75 Å². The molecule has 1 fully saturated rings. The van der Waals surface area contributed by atoms with Crippen molar-refractivity contribution in [2.45, 2.75) is 59.8 Å². The Balaban J connectivity index is 1.61. The lowest BCUT2D eigenvalue weighted by atomic mass is 9.70. The summed E-state index contributed by atoms with van der Waals surface area (Å²) in [5.41, 5.74) is 3.52. The van der Waals surface area contributed by atoms with Gasteiger partial charge >= 0.3 is 0 Å². The van der Waals surface area contributed by atoms with Crippen LogP contribution in [0.3, 0.4) is 0 Å². The van der Waals surface area contributed by atoms with E-state index in [0.29, 0.717) is 17.6 Å². The van der Waals surface area contributed by atoms with E-state index < -0.39 is 0 Å². The van der Waals surface area contributed by atoms with Crippen LogP contribution in [0.15, 0.2) is 54.6 Å². The zero-order valence-corrected chi connectivity index (χ0v) is 19.6. The minimum Gasteiger partial charge on any atom is -0.494 e. The van der Waals surface area contributed by atoms with E-state index in [0.717, 1.165) is 37.2 Å². The van der Waals surface area contributed by atoms with Crippen LogP contribution in [0.2, 0.25) is 0 Å². The van der Waals surface area contributed by atoms with Gasteiger partial charge in [0.2, 0.25) is 0 Å². The minimum absolute atomic E-state index is 0.0469. The highest BCUT2D eigenvalue weighted by molar-refractivity contribution is 5.87. The van der Waals surface area contributed by atoms with Crippen LogP contribution in [0.1, 0.15) is 65.4 Å². The van der Waals surface area contributed by atoms with Crippen LogP contribution in [0.25, 0.3) is 17.2 Å². The van der Waals surface area contributed by atoms with E-state index in [1.54, 1.807) is 0 Å². The Morgan fingerprint density at radius 2 is 1.61 bits per heavy atom. The zero-order chi connectivity index (χ0) is 22.2. The Morgan fingerprint density at radius 3 is 2.23 bits per heavy atom. The molecule has 31 heavy (non-hydrogen) atoms. The van der Waals surface area contributed by atoms with Crippen molar-refractivity contribution in [1.29, 1.82) is 0 Å². The number of allylic oxidation sites excluding steroid dienone is 1. The lowest BCUT2D eigenvalue weighted by Gasteiger charge is -2.33. The maximum Gasteiger partial charge on any atom is 0.143 e. The van der Waals surface area contributed by atoms with Gasteiger partial charge in [-0.2, -0.15) is 0 Å². The number of carbonyl (C=O) groups is 1. The summed E-state index contributed by atoms with van der Waals surface area (Å²) in [5.74, 6) is 2.49. The van der Waals surface area contributed by atoms with E-state index in [-0.39, 0.29) is 11.8 Å². The van der Waals surface area contributed by atoms with Gasteiger partial charge in [0.1, 0.15) is 11.5 Å². The summed E-state index contributed by atoms with van der Waals surface area (Å²) in [6.07, 6.45) is 9.98. The van der Waals surface area contributed by atoms with Crippen LogP contribution < -0.4 is 4.74 Å². The Morgan fingerprint density at radius 1 is 0.968 bits per heavy atom. The molecule has 0 N–H and O–H groups in total. The van der Waals surface area contributed by atoms with Gasteiger partial charge in [-0.25, -0.2) is 0 Å². The standard InChI is InChI=1S/C29H38O2/c1-5-6-7-20-31-26-16-14-25(15-17-26)24-12-9-23(10-13-24)11-19-28-22(4)8-18-27(21(2)3)29(28)30/h9-17,19,21-22,27-28H,5-8,18,20H2,1-4H3/b19-11+/t22-,27-,28?/m1/s1. The Bertz CT molecular complexity index is 845. The first kappa shape index (κ1) is 23.3. The van der Waals surface area contributed by atoms with Crippen molar-refractivity contribution in [3.63, 3.8) is 0 Å². The van der Waals surface area contributed by atoms with Crippen LogP contribution in [-0.4, -0.2) is 12.4 Å². The predicted molar refractivity (Wildman–Crippen MR) is 131 cm³/mol. The topological polar surface area (TPSA) is 26.3 Å². The maximum atomic E-state index is 12.9. The SMILES string of the molecule is CCCCCOc1ccc(-c2ccc(/C=C/C3C(=O)[C@@H](C(C)C)CC[C@H]3C)cc2)cc1. The second kappa shape index (κ2) is 11.3. The lowest BCUT2D eigenvalue weighted by molar-refractivity contribution is -0.130. The second-order valence-corrected chi connectivity index (χ2v) is 9.39. The molecule has 2 nitrogen and oxygen atoms in total. The molecule has 1 aliphatic carbocycles. The summed E-state index contributed by atoms with van der Waals surface area (Å²) in [4.78, 5) is 12.9. The molecule has 0 aromatic heterocycles. The third-order valence-electron chi connectivity index (χ3n) is 6.66. The number of ether oxygens (including phenoxy) is 1. The second-order valence-electron chi connectivity index (χ2n) is 9.39. The number of rotatable bonds is 9. The Labute approximate surface area is 188 Å². The molecule has 2 aromatic carbocycles. The normalized spacial score (nSPS) is 21.7. The number of ketones is 1. The van der Waals surface area contributed by atoms with Gasteiger partial charge in [0.05, 0.1) is 6.61 Å². The average molecular weight is 419 g/mol. The molecule has 3 rings (SSSR count). The van der Waals surface area contributed by atoms with Crippen LogP contribution in [0, 0.1) is 23.7 Å². The molecule has 2 aromatic rings. The van der Waals surface area contributed by atoms with Gasteiger partial charge in [0, 0.05) is 11.8 Å².